The SMILES string of the molecule is CC/C=C/C/C=C/C/C=C/C/C=C/CCCCCCCCCCCCC(=O)OCC(COCCC(C(=O)O)[N+](C)(C)C)OC(=O)CC/C=C/C/C=C/CCCCCCCC. The molecule has 60 heavy (non-hydrogen) atoms. The number of carboxylic acids is 1. The van der Waals surface area contributed by atoms with Crippen LogP contribution in [0.2, 0.25) is 0 Å². The van der Waals surface area contributed by atoms with E-state index in [4.69, 9.17) is 14.2 Å². The highest BCUT2D eigenvalue weighted by molar-refractivity contribution is 5.72. The number of ether oxygens (including phenoxy) is 3. The molecule has 0 fully saturated rings. The Morgan fingerprint density at radius 1 is 0.517 bits per heavy atom. The Balaban J connectivity index is 4.28. The van der Waals surface area contributed by atoms with Gasteiger partial charge in [0.25, 0.3) is 0 Å². The number of quaternary nitrogens is 1. The molecule has 0 aliphatic rings. The molecule has 0 saturated heterocycles. The number of esters is 2. The maximum atomic E-state index is 12.7. The number of unbranched alkanes of at least 4 members (excludes halogenated alkanes) is 16. The van der Waals surface area contributed by atoms with Crippen LogP contribution in [0.25, 0.3) is 0 Å². The summed E-state index contributed by atoms with van der Waals surface area (Å²) in [6.07, 6.45) is 53.9. The van der Waals surface area contributed by atoms with Gasteiger partial charge in [0.05, 0.1) is 34.4 Å². The Kier molecular flexibility index (Phi) is 40.2. The second kappa shape index (κ2) is 42.5. The van der Waals surface area contributed by atoms with E-state index in [2.05, 4.69) is 80.7 Å². The second-order valence-electron chi connectivity index (χ2n) is 17.0. The van der Waals surface area contributed by atoms with Crippen LogP contribution in [0.15, 0.2) is 72.9 Å². The Hall–Kier alpha value is -3.23. The number of aliphatic carboxylic acids is 1. The van der Waals surface area contributed by atoms with Gasteiger partial charge >= 0.3 is 17.9 Å². The highest BCUT2D eigenvalue weighted by Gasteiger charge is 2.31. The summed E-state index contributed by atoms with van der Waals surface area (Å²) in [6.45, 7) is 4.55. The molecule has 0 rings (SSSR count). The van der Waals surface area contributed by atoms with Gasteiger partial charge in [-0.05, 0) is 70.6 Å². The Bertz CT molecular complexity index is 1210. The number of rotatable bonds is 42. The zero-order valence-corrected chi connectivity index (χ0v) is 39.1. The van der Waals surface area contributed by atoms with E-state index in [1.807, 2.05) is 27.2 Å². The standard InChI is InChI=1S/C52H89NO7/c1-6-8-10-12-14-16-18-20-21-22-23-24-25-26-27-28-29-31-32-34-36-38-40-42-50(54)59-47-48(46-58-45-44-49(52(56)57)53(3,4)5)60-51(55)43-41-39-37-35-33-30-19-17-15-13-11-9-7-2/h8,10,14,16,20-21,23-24,30,33,37,39,48-49H,6-7,9,11-13,15,17-19,22,25-29,31-32,34-36,38,40-47H2,1-5H3/p+1/b10-8+,16-14+,21-20+,24-23+,33-30+,39-37+. The van der Waals surface area contributed by atoms with Crippen LogP contribution in [0.4, 0.5) is 0 Å². The van der Waals surface area contributed by atoms with E-state index in [-0.39, 0.29) is 42.7 Å². The van der Waals surface area contributed by atoms with Gasteiger partial charge in [-0.1, -0.05) is 170 Å². The van der Waals surface area contributed by atoms with Crippen LogP contribution in [-0.2, 0) is 28.6 Å². The molecule has 0 bridgehead atoms. The first-order valence-electron chi connectivity index (χ1n) is 24.0. The number of nitrogens with zero attached hydrogens (tertiary/aromatic N) is 1. The van der Waals surface area contributed by atoms with Crippen LogP contribution < -0.4 is 0 Å². The van der Waals surface area contributed by atoms with Crippen molar-refractivity contribution in [2.45, 2.75) is 199 Å². The summed E-state index contributed by atoms with van der Waals surface area (Å²) in [7, 11) is 5.51. The van der Waals surface area contributed by atoms with Crippen LogP contribution in [0, 0.1) is 0 Å². The summed E-state index contributed by atoms with van der Waals surface area (Å²) in [4.78, 5) is 37.0. The molecule has 0 amide bonds. The van der Waals surface area contributed by atoms with Crippen LogP contribution in [-0.4, -0.2) is 80.6 Å². The Morgan fingerprint density at radius 3 is 1.45 bits per heavy atom. The molecule has 0 aromatic rings. The summed E-state index contributed by atoms with van der Waals surface area (Å²) in [5.74, 6) is -1.56. The molecule has 0 aliphatic heterocycles. The second-order valence-corrected chi connectivity index (χ2v) is 17.0. The van der Waals surface area contributed by atoms with Gasteiger partial charge < -0.3 is 23.8 Å². The predicted octanol–water partition coefficient (Wildman–Crippen LogP) is 13.5. The van der Waals surface area contributed by atoms with E-state index in [0.29, 0.717) is 19.3 Å². The van der Waals surface area contributed by atoms with Crippen molar-refractivity contribution >= 4 is 17.9 Å². The average molecular weight is 841 g/mol. The van der Waals surface area contributed by atoms with Crippen molar-refractivity contribution in [3.8, 4) is 0 Å². The fraction of sp³-hybridized carbons (Fsp3) is 0.712. The van der Waals surface area contributed by atoms with E-state index in [0.717, 1.165) is 57.8 Å². The van der Waals surface area contributed by atoms with E-state index in [9.17, 15) is 19.5 Å². The van der Waals surface area contributed by atoms with Crippen LogP contribution in [0.1, 0.15) is 187 Å². The third-order valence-corrected chi connectivity index (χ3v) is 10.4. The van der Waals surface area contributed by atoms with E-state index >= 15 is 0 Å². The summed E-state index contributed by atoms with van der Waals surface area (Å²) >= 11 is 0. The van der Waals surface area contributed by atoms with Crippen molar-refractivity contribution in [2.24, 2.45) is 0 Å². The number of carboxylic acid groups (broad SMARTS) is 1. The molecule has 0 aromatic carbocycles. The minimum atomic E-state index is -0.885. The topological polar surface area (TPSA) is 99.1 Å². The summed E-state index contributed by atoms with van der Waals surface area (Å²) in [5.41, 5.74) is 0. The number of hydrogen-bond acceptors (Lipinski definition) is 6. The van der Waals surface area contributed by atoms with Gasteiger partial charge in [0.1, 0.15) is 6.61 Å². The lowest BCUT2D eigenvalue weighted by Gasteiger charge is -2.31. The number of allylic oxidation sites excluding steroid dienone is 12. The third-order valence-electron chi connectivity index (χ3n) is 10.4. The average Bonchev–Trinajstić information content (AvgIpc) is 3.21. The van der Waals surface area contributed by atoms with Crippen molar-refractivity contribution in [3.05, 3.63) is 72.9 Å². The van der Waals surface area contributed by atoms with E-state index < -0.39 is 18.1 Å². The van der Waals surface area contributed by atoms with Gasteiger partial charge in [-0.3, -0.25) is 9.59 Å². The molecule has 2 unspecified atom stereocenters. The maximum Gasteiger partial charge on any atom is 0.362 e. The molecule has 0 saturated carbocycles. The molecule has 8 nitrogen and oxygen atoms in total. The highest BCUT2D eigenvalue weighted by atomic mass is 16.6. The first-order valence-corrected chi connectivity index (χ1v) is 24.0. The van der Waals surface area contributed by atoms with Gasteiger partial charge in [-0.2, -0.15) is 0 Å². The summed E-state index contributed by atoms with van der Waals surface area (Å²) in [5, 5.41) is 9.63. The van der Waals surface area contributed by atoms with Gasteiger partial charge in [0.2, 0.25) is 0 Å². The van der Waals surface area contributed by atoms with E-state index in [1.165, 1.54) is 89.9 Å². The van der Waals surface area contributed by atoms with Crippen molar-refractivity contribution in [1.82, 2.24) is 0 Å². The maximum absolute atomic E-state index is 12.7. The zero-order chi connectivity index (χ0) is 44.2. The van der Waals surface area contributed by atoms with Crippen LogP contribution in [0.3, 0.4) is 0 Å². The van der Waals surface area contributed by atoms with Crippen LogP contribution in [0.5, 0.6) is 0 Å². The molecule has 0 heterocycles. The van der Waals surface area contributed by atoms with E-state index in [1.54, 1.807) is 0 Å². The lowest BCUT2D eigenvalue weighted by molar-refractivity contribution is -0.887. The predicted molar refractivity (Wildman–Crippen MR) is 252 cm³/mol. The monoisotopic (exact) mass is 841 g/mol. The first kappa shape index (κ1) is 56.8. The molecule has 0 aliphatic carbocycles. The summed E-state index contributed by atoms with van der Waals surface area (Å²) < 4.78 is 17.2. The minimum Gasteiger partial charge on any atom is -0.477 e. The summed E-state index contributed by atoms with van der Waals surface area (Å²) in [6, 6.07) is -0.626. The molecule has 344 valence electrons. The molecule has 1 N–H and O–H groups in total. The van der Waals surface area contributed by atoms with Gasteiger partial charge in [0.15, 0.2) is 12.1 Å². The fourth-order valence-corrected chi connectivity index (χ4v) is 6.66. The smallest absolute Gasteiger partial charge is 0.362 e. The Morgan fingerprint density at radius 2 is 0.967 bits per heavy atom. The lowest BCUT2D eigenvalue weighted by atomic mass is 10.1. The van der Waals surface area contributed by atoms with Crippen molar-refractivity contribution in [3.63, 3.8) is 0 Å². The lowest BCUT2D eigenvalue weighted by Crippen LogP contribution is -2.50. The number of likely N-dealkylation sites (N-methyl/N-ethyl adjacent to an activating group) is 1. The van der Waals surface area contributed by atoms with Gasteiger partial charge in [-0.25, -0.2) is 4.79 Å². The largest absolute Gasteiger partial charge is 0.477 e. The number of carbonyl (C=O) groups excluding carboxylic acids is 2. The zero-order valence-electron chi connectivity index (χ0n) is 39.1. The van der Waals surface area contributed by atoms with Crippen molar-refractivity contribution < 1.29 is 38.2 Å². The normalized spacial score (nSPS) is 13.6. The Labute approximate surface area is 368 Å². The van der Waals surface area contributed by atoms with Crippen molar-refractivity contribution in [2.75, 3.05) is 41.0 Å². The van der Waals surface area contributed by atoms with Crippen molar-refractivity contribution in [1.29, 1.82) is 0 Å². The first-order chi connectivity index (χ1) is 29.1. The molecule has 8 heteroatoms. The molecule has 0 aromatic heterocycles. The fourth-order valence-electron chi connectivity index (χ4n) is 6.66. The quantitative estimate of drug-likeness (QED) is 0.0283. The highest BCUT2D eigenvalue weighted by Crippen LogP contribution is 2.14. The molecule has 0 radical (unpaired) electrons. The molecular weight excluding hydrogens is 751 g/mol. The van der Waals surface area contributed by atoms with Gasteiger partial charge in [-0.15, -0.1) is 0 Å². The third kappa shape index (κ3) is 40.2. The number of hydrogen-bond donors (Lipinski definition) is 1. The molecular formula is C52H90NO7+. The molecule has 2 atom stereocenters. The van der Waals surface area contributed by atoms with Gasteiger partial charge in [0, 0.05) is 19.3 Å². The molecule has 0 spiro atoms. The number of carbonyl (C=O) groups is 3. The van der Waals surface area contributed by atoms with Crippen LogP contribution >= 0.6 is 0 Å². The minimum absolute atomic E-state index is 0.0348.